The third kappa shape index (κ3) is 10.1. The molecule has 1 aliphatic rings. The standard InChI is InChI=1S/C33H43FN5O11P/c1-19(2)29(40)47-26-27(48-30(41)20(3)4)33(34,49-28(26)39-16-25(37-18-39)23-14-35-32(44-8)36-15-23)17-45-51(43,50-24-12-10-9-11-13-24)38-22(7)31(42)46-21(5)6/h9-16,18-22,26-28H,17H2,1-8H3,(H,38,43)/t22-,26-,27?,28+,33+,51-/m0/s1. The molecule has 1 unspecified atom stereocenters. The summed E-state index contributed by atoms with van der Waals surface area (Å²) < 4.78 is 71.7. The number of halogens is 1. The lowest BCUT2D eigenvalue weighted by atomic mass is 10.1. The summed E-state index contributed by atoms with van der Waals surface area (Å²) in [6.45, 7) is 9.65. The van der Waals surface area contributed by atoms with Crippen LogP contribution in [-0.2, 0) is 42.4 Å². The number of hydrogen-bond donors (Lipinski definition) is 1. The molecule has 18 heteroatoms. The molecular weight excluding hydrogens is 692 g/mol. The summed E-state index contributed by atoms with van der Waals surface area (Å²) >= 11 is 0. The van der Waals surface area contributed by atoms with E-state index in [-0.39, 0.29) is 11.8 Å². The van der Waals surface area contributed by atoms with E-state index >= 15 is 4.39 Å². The number of alkyl halides is 1. The zero-order valence-corrected chi connectivity index (χ0v) is 30.4. The molecule has 0 radical (unpaired) electrons. The van der Waals surface area contributed by atoms with Gasteiger partial charge in [0, 0.05) is 24.2 Å². The Morgan fingerprint density at radius 1 is 0.961 bits per heavy atom. The SMILES string of the molecule is COc1ncc(-c2cn([C@@H]3O[C@](F)(CO[P@@](=O)(N[C@@H](C)C(=O)OC(C)C)Oc4ccccc4)C(OC(=O)C(C)C)[C@@H]3OC(=O)C(C)C)cn2)cn1. The van der Waals surface area contributed by atoms with Crippen molar-refractivity contribution in [2.75, 3.05) is 13.7 Å². The van der Waals surface area contributed by atoms with Crippen LogP contribution in [0.2, 0.25) is 0 Å². The van der Waals surface area contributed by atoms with Crippen molar-refractivity contribution in [3.63, 3.8) is 0 Å². The van der Waals surface area contributed by atoms with Gasteiger partial charge in [-0.05, 0) is 32.9 Å². The van der Waals surface area contributed by atoms with Crippen LogP contribution < -0.4 is 14.3 Å². The third-order valence-electron chi connectivity index (χ3n) is 7.22. The number of aromatic nitrogens is 4. The number of imidazole rings is 1. The molecule has 51 heavy (non-hydrogen) atoms. The zero-order valence-electron chi connectivity index (χ0n) is 29.5. The van der Waals surface area contributed by atoms with Crippen molar-refractivity contribution >= 4 is 25.7 Å². The molecule has 0 saturated carbocycles. The van der Waals surface area contributed by atoms with E-state index < -0.39 is 80.5 Å². The van der Waals surface area contributed by atoms with E-state index in [0.717, 1.165) is 0 Å². The lowest BCUT2D eigenvalue weighted by Gasteiger charge is -2.30. The van der Waals surface area contributed by atoms with Gasteiger partial charge in [-0.2, -0.15) is 5.09 Å². The van der Waals surface area contributed by atoms with Crippen LogP contribution in [0.15, 0.2) is 55.2 Å². The van der Waals surface area contributed by atoms with Crippen molar-refractivity contribution in [1.29, 1.82) is 0 Å². The average Bonchev–Trinajstić information content (AvgIpc) is 3.67. The second-order valence-corrected chi connectivity index (χ2v) is 14.2. The molecule has 0 aliphatic carbocycles. The highest BCUT2D eigenvalue weighted by atomic mass is 31.2. The van der Waals surface area contributed by atoms with Gasteiger partial charge < -0.3 is 32.8 Å². The molecule has 4 rings (SSSR count). The Kier molecular flexibility index (Phi) is 12.9. The molecule has 0 amide bonds. The van der Waals surface area contributed by atoms with Gasteiger partial charge in [0.2, 0.25) is 6.10 Å². The Morgan fingerprint density at radius 2 is 1.59 bits per heavy atom. The molecule has 1 fully saturated rings. The Hall–Kier alpha value is -4.44. The van der Waals surface area contributed by atoms with Crippen LogP contribution in [0, 0.1) is 11.8 Å². The van der Waals surface area contributed by atoms with Gasteiger partial charge in [-0.1, -0.05) is 45.9 Å². The molecule has 0 bridgehead atoms. The fraction of sp³-hybridized carbons (Fsp3) is 0.515. The number of carbonyl (C=O) groups excluding carboxylic acids is 3. The molecule has 3 aromatic rings. The summed E-state index contributed by atoms with van der Waals surface area (Å²) in [6, 6.07) is 6.73. The topological polar surface area (TPSA) is 189 Å². The van der Waals surface area contributed by atoms with Gasteiger partial charge in [-0.15, -0.1) is 0 Å². The van der Waals surface area contributed by atoms with Gasteiger partial charge in [0.15, 0.2) is 12.3 Å². The highest BCUT2D eigenvalue weighted by Gasteiger charge is 2.62. The summed E-state index contributed by atoms with van der Waals surface area (Å²) in [5, 5.41) is 2.48. The van der Waals surface area contributed by atoms with E-state index in [2.05, 4.69) is 20.0 Å². The second-order valence-electron chi connectivity index (χ2n) is 12.5. The van der Waals surface area contributed by atoms with Crippen LogP contribution in [-0.4, -0.2) is 81.4 Å². The van der Waals surface area contributed by atoms with Gasteiger partial charge in [0.1, 0.15) is 18.4 Å². The summed E-state index contributed by atoms with van der Waals surface area (Å²) in [4.78, 5) is 51.1. The van der Waals surface area contributed by atoms with Crippen molar-refractivity contribution in [1.82, 2.24) is 24.6 Å². The first-order valence-corrected chi connectivity index (χ1v) is 17.7. The highest BCUT2D eigenvalue weighted by molar-refractivity contribution is 7.52. The largest absolute Gasteiger partial charge is 0.467 e. The van der Waals surface area contributed by atoms with Crippen LogP contribution in [0.1, 0.15) is 54.7 Å². The number of hydrogen-bond acceptors (Lipinski definition) is 14. The normalized spacial score (nSPS) is 22.0. The summed E-state index contributed by atoms with van der Waals surface area (Å²) in [5.41, 5.74) is 0.807. The number of nitrogens with one attached hydrogen (secondary N) is 1. The first-order chi connectivity index (χ1) is 24.0. The van der Waals surface area contributed by atoms with Crippen molar-refractivity contribution in [2.45, 2.75) is 84.9 Å². The lowest BCUT2D eigenvalue weighted by molar-refractivity contribution is -0.216. The molecule has 1 aliphatic heterocycles. The van der Waals surface area contributed by atoms with E-state index in [1.165, 1.54) is 69.5 Å². The number of methoxy groups -OCH3 is 1. The maximum atomic E-state index is 17.4. The van der Waals surface area contributed by atoms with E-state index in [0.29, 0.717) is 11.3 Å². The molecular formula is C33H43FN5O11P. The number of ether oxygens (including phenoxy) is 5. The predicted molar refractivity (Wildman–Crippen MR) is 178 cm³/mol. The number of para-hydroxylation sites is 1. The maximum Gasteiger partial charge on any atom is 0.459 e. The minimum Gasteiger partial charge on any atom is -0.467 e. The van der Waals surface area contributed by atoms with Gasteiger partial charge >= 0.3 is 31.7 Å². The average molecular weight is 736 g/mol. The Bertz CT molecular complexity index is 1690. The highest BCUT2D eigenvalue weighted by Crippen LogP contribution is 2.49. The summed E-state index contributed by atoms with van der Waals surface area (Å²) in [5.74, 6) is -6.80. The minimum absolute atomic E-state index is 0.0656. The minimum atomic E-state index is -4.63. The van der Waals surface area contributed by atoms with Gasteiger partial charge in [0.05, 0.1) is 37.1 Å². The molecule has 3 heterocycles. The Balaban J connectivity index is 1.72. The molecule has 16 nitrogen and oxygen atoms in total. The van der Waals surface area contributed by atoms with Crippen LogP contribution >= 0.6 is 7.75 Å². The molecule has 2 aromatic heterocycles. The van der Waals surface area contributed by atoms with Crippen LogP contribution in [0.3, 0.4) is 0 Å². The van der Waals surface area contributed by atoms with Gasteiger partial charge in [0.25, 0.3) is 5.85 Å². The monoisotopic (exact) mass is 735 g/mol. The van der Waals surface area contributed by atoms with Crippen LogP contribution in [0.4, 0.5) is 4.39 Å². The van der Waals surface area contributed by atoms with E-state index in [1.807, 2.05) is 0 Å². The van der Waals surface area contributed by atoms with Crippen LogP contribution in [0.5, 0.6) is 11.8 Å². The smallest absolute Gasteiger partial charge is 0.459 e. The maximum absolute atomic E-state index is 17.4. The van der Waals surface area contributed by atoms with Crippen molar-refractivity contribution in [3.8, 4) is 23.0 Å². The fourth-order valence-corrected chi connectivity index (χ4v) is 6.07. The molecule has 1 aromatic carbocycles. The van der Waals surface area contributed by atoms with Gasteiger partial charge in [-0.3, -0.25) is 18.9 Å². The quantitative estimate of drug-likeness (QED) is 0.120. The van der Waals surface area contributed by atoms with E-state index in [9.17, 15) is 18.9 Å². The molecule has 6 atom stereocenters. The third-order valence-corrected chi connectivity index (χ3v) is 8.84. The number of nitrogens with zero attached hydrogens (tertiary/aromatic N) is 4. The van der Waals surface area contributed by atoms with E-state index in [1.54, 1.807) is 45.9 Å². The number of rotatable bonds is 16. The second kappa shape index (κ2) is 16.7. The van der Waals surface area contributed by atoms with E-state index in [4.69, 9.17) is 32.7 Å². The zero-order chi connectivity index (χ0) is 37.5. The predicted octanol–water partition coefficient (Wildman–Crippen LogP) is 4.81. The fourth-order valence-electron chi connectivity index (χ4n) is 4.57. The van der Waals surface area contributed by atoms with Crippen molar-refractivity contribution < 1.29 is 56.1 Å². The first kappa shape index (κ1) is 39.3. The Labute approximate surface area is 294 Å². The van der Waals surface area contributed by atoms with Crippen molar-refractivity contribution in [2.24, 2.45) is 11.8 Å². The lowest BCUT2D eigenvalue weighted by Crippen LogP contribution is -2.48. The molecule has 0 spiro atoms. The van der Waals surface area contributed by atoms with Crippen LogP contribution in [0.25, 0.3) is 11.3 Å². The first-order valence-electron chi connectivity index (χ1n) is 16.2. The Morgan fingerprint density at radius 3 is 2.18 bits per heavy atom. The summed E-state index contributed by atoms with van der Waals surface area (Å²) in [7, 11) is -3.21. The van der Waals surface area contributed by atoms with Crippen molar-refractivity contribution in [3.05, 3.63) is 55.2 Å². The molecule has 1 saturated heterocycles. The number of carbonyl (C=O) groups is 3. The number of benzene rings is 1. The number of esters is 3. The summed E-state index contributed by atoms with van der Waals surface area (Å²) in [6.07, 6.45) is 0.178. The van der Waals surface area contributed by atoms with Gasteiger partial charge in [-0.25, -0.2) is 23.9 Å². The molecule has 1 N–H and O–H groups in total. The molecule has 278 valence electrons.